The van der Waals surface area contributed by atoms with Gasteiger partial charge in [-0.15, -0.1) is 24.0 Å². The Balaban J connectivity index is 0.00000272. The number of aryl methyl sites for hydroxylation is 1. The summed E-state index contributed by atoms with van der Waals surface area (Å²) in [7, 11) is 0. The molecule has 168 valence electrons. The predicted octanol–water partition coefficient (Wildman–Crippen LogP) is 2.91. The van der Waals surface area contributed by atoms with E-state index in [4.69, 9.17) is 0 Å². The van der Waals surface area contributed by atoms with Crippen molar-refractivity contribution >= 4 is 41.8 Å². The fraction of sp³-hybridized carbons (Fsp3) is 0.542. The van der Waals surface area contributed by atoms with Crippen LogP contribution in [0.5, 0.6) is 0 Å². The first-order valence-corrected chi connectivity index (χ1v) is 11.2. The lowest BCUT2D eigenvalue weighted by Gasteiger charge is -2.17. The molecule has 2 N–H and O–H groups in total. The minimum atomic E-state index is -0.100. The second kappa shape index (κ2) is 10.6. The normalized spacial score (nSPS) is 26.3. The maximum absolute atomic E-state index is 12.7. The number of aliphatic imine (C=N–C) groups is 1. The molecular weight excluding hydrogens is 503 g/mol. The van der Waals surface area contributed by atoms with Crippen LogP contribution in [0.3, 0.4) is 0 Å². The van der Waals surface area contributed by atoms with Gasteiger partial charge in [0, 0.05) is 26.2 Å². The summed E-state index contributed by atoms with van der Waals surface area (Å²) in [5.74, 6) is 1.20. The fourth-order valence-corrected chi connectivity index (χ4v) is 5.14. The van der Waals surface area contributed by atoms with Crippen molar-refractivity contribution in [2.24, 2.45) is 28.7 Å². The number of nitrogens with zero attached hydrogens (tertiary/aromatic N) is 2. The van der Waals surface area contributed by atoms with Crippen LogP contribution in [0, 0.1) is 30.6 Å². The highest BCUT2D eigenvalue weighted by Gasteiger charge is 2.58. The van der Waals surface area contributed by atoms with Gasteiger partial charge in [0.05, 0.1) is 11.8 Å². The van der Waals surface area contributed by atoms with E-state index in [0.29, 0.717) is 19.5 Å². The first-order chi connectivity index (χ1) is 14.6. The Labute approximate surface area is 202 Å². The summed E-state index contributed by atoms with van der Waals surface area (Å²) in [4.78, 5) is 31.6. The molecule has 4 unspecified atom stereocenters. The minimum Gasteiger partial charge on any atom is -0.357 e. The average molecular weight is 536 g/mol. The Morgan fingerprint density at radius 2 is 1.84 bits per heavy atom. The summed E-state index contributed by atoms with van der Waals surface area (Å²) < 4.78 is 0. The topological polar surface area (TPSA) is 73.8 Å². The number of fused-ring (bicyclic) bond motifs is 5. The van der Waals surface area contributed by atoms with Crippen LogP contribution in [0.15, 0.2) is 41.4 Å². The quantitative estimate of drug-likeness (QED) is 0.134. The van der Waals surface area contributed by atoms with E-state index in [-0.39, 0.29) is 59.5 Å². The lowest BCUT2D eigenvalue weighted by atomic mass is 9.85. The molecule has 1 heterocycles. The molecule has 3 aliphatic rings. The van der Waals surface area contributed by atoms with Crippen molar-refractivity contribution in [3.8, 4) is 0 Å². The van der Waals surface area contributed by atoms with Gasteiger partial charge in [-0.25, -0.2) is 0 Å². The van der Waals surface area contributed by atoms with Gasteiger partial charge in [-0.05, 0) is 50.5 Å². The van der Waals surface area contributed by atoms with Crippen molar-refractivity contribution in [3.63, 3.8) is 0 Å². The molecule has 1 saturated heterocycles. The zero-order valence-electron chi connectivity index (χ0n) is 18.3. The molecule has 0 spiro atoms. The molecular formula is C24H33IN4O2. The van der Waals surface area contributed by atoms with Crippen molar-refractivity contribution in [1.29, 1.82) is 0 Å². The predicted molar refractivity (Wildman–Crippen MR) is 133 cm³/mol. The third-order valence-corrected chi connectivity index (χ3v) is 6.50. The molecule has 7 heteroatoms. The highest BCUT2D eigenvalue weighted by molar-refractivity contribution is 14.0. The number of rotatable bonds is 8. The number of halogens is 1. The van der Waals surface area contributed by atoms with Gasteiger partial charge in [-0.2, -0.15) is 0 Å². The second-order valence-electron chi connectivity index (χ2n) is 8.61. The second-order valence-corrected chi connectivity index (χ2v) is 8.61. The highest BCUT2D eigenvalue weighted by Crippen LogP contribution is 2.52. The van der Waals surface area contributed by atoms with E-state index in [2.05, 4.69) is 59.0 Å². The molecule has 1 aromatic carbocycles. The number of imide groups is 1. The van der Waals surface area contributed by atoms with Crippen LogP contribution in [-0.2, 0) is 16.0 Å². The van der Waals surface area contributed by atoms with E-state index in [1.54, 1.807) is 0 Å². The van der Waals surface area contributed by atoms with Crippen LogP contribution >= 0.6 is 24.0 Å². The summed E-state index contributed by atoms with van der Waals surface area (Å²) in [5, 5.41) is 6.63. The summed E-state index contributed by atoms with van der Waals surface area (Å²) >= 11 is 0. The number of benzene rings is 1. The monoisotopic (exact) mass is 536 g/mol. The van der Waals surface area contributed by atoms with Gasteiger partial charge in [0.15, 0.2) is 5.96 Å². The van der Waals surface area contributed by atoms with Gasteiger partial charge >= 0.3 is 0 Å². The maximum atomic E-state index is 12.7. The van der Waals surface area contributed by atoms with Crippen LogP contribution in [0.4, 0.5) is 0 Å². The van der Waals surface area contributed by atoms with E-state index < -0.39 is 0 Å². The van der Waals surface area contributed by atoms with Crippen LogP contribution < -0.4 is 10.6 Å². The molecule has 4 rings (SSSR count). The Hall–Kier alpha value is -1.90. The number of hydrogen-bond donors (Lipinski definition) is 2. The number of allylic oxidation sites excluding steroid dienone is 2. The molecule has 6 nitrogen and oxygen atoms in total. The number of amides is 2. The van der Waals surface area contributed by atoms with Crippen molar-refractivity contribution in [1.82, 2.24) is 15.5 Å². The van der Waals surface area contributed by atoms with Crippen molar-refractivity contribution in [2.75, 3.05) is 26.2 Å². The van der Waals surface area contributed by atoms with Gasteiger partial charge < -0.3 is 10.6 Å². The number of carbonyl (C=O) groups excluding carboxylic acids is 2. The summed E-state index contributed by atoms with van der Waals surface area (Å²) in [6, 6.07) is 8.53. The summed E-state index contributed by atoms with van der Waals surface area (Å²) in [5.41, 5.74) is 2.57. The van der Waals surface area contributed by atoms with Crippen molar-refractivity contribution in [2.45, 2.75) is 33.1 Å². The maximum Gasteiger partial charge on any atom is 0.233 e. The molecule has 2 bridgehead atoms. The Morgan fingerprint density at radius 1 is 1.13 bits per heavy atom. The molecule has 2 amide bonds. The highest BCUT2D eigenvalue weighted by atomic mass is 127. The lowest BCUT2D eigenvalue weighted by Crippen LogP contribution is -2.38. The molecule has 4 atom stereocenters. The standard InChI is InChI=1S/C24H32N4O2.HI/c1-3-25-24(27-12-10-17-7-4-6-16(2)14-17)26-11-5-13-28-22(29)20-18-8-9-19(15-18)21(20)23(28)30;/h4,6-9,14,18-21H,3,5,10-13,15H2,1-2H3,(H2,25,26,27);1H. The van der Waals surface area contributed by atoms with Crippen LogP contribution in [-0.4, -0.2) is 48.9 Å². The van der Waals surface area contributed by atoms with Gasteiger partial charge in [-0.1, -0.05) is 42.0 Å². The van der Waals surface area contributed by atoms with Crippen molar-refractivity contribution < 1.29 is 9.59 Å². The third-order valence-electron chi connectivity index (χ3n) is 6.50. The van der Waals surface area contributed by atoms with Crippen LogP contribution in [0.25, 0.3) is 0 Å². The Kier molecular flexibility index (Phi) is 8.13. The SMILES string of the molecule is CCNC(=NCCCN1C(=O)C2C3C=CC(C3)C2C1=O)NCCc1cccc(C)c1.I. The van der Waals surface area contributed by atoms with Gasteiger partial charge in [0.1, 0.15) is 0 Å². The van der Waals surface area contributed by atoms with E-state index >= 15 is 0 Å². The first kappa shape index (κ1) is 23.8. The molecule has 0 radical (unpaired) electrons. The number of likely N-dealkylation sites (tertiary alicyclic amines) is 1. The Bertz CT molecular complexity index is 839. The number of nitrogens with one attached hydrogen (secondary N) is 2. The molecule has 2 aliphatic carbocycles. The van der Waals surface area contributed by atoms with E-state index in [0.717, 1.165) is 31.9 Å². The minimum absolute atomic E-state index is 0. The lowest BCUT2D eigenvalue weighted by molar-refractivity contribution is -0.140. The fourth-order valence-electron chi connectivity index (χ4n) is 5.14. The average Bonchev–Trinajstić information content (AvgIpc) is 3.40. The van der Waals surface area contributed by atoms with Crippen LogP contribution in [0.1, 0.15) is 30.9 Å². The number of carbonyl (C=O) groups is 2. The molecule has 31 heavy (non-hydrogen) atoms. The number of hydrogen-bond acceptors (Lipinski definition) is 3. The zero-order valence-corrected chi connectivity index (χ0v) is 20.7. The largest absolute Gasteiger partial charge is 0.357 e. The molecule has 1 aliphatic heterocycles. The van der Waals surface area contributed by atoms with Gasteiger partial charge in [0.25, 0.3) is 0 Å². The summed E-state index contributed by atoms with van der Waals surface area (Å²) in [6.07, 6.45) is 6.87. The molecule has 1 aromatic rings. The van der Waals surface area contributed by atoms with E-state index in [1.807, 2.05) is 6.92 Å². The summed E-state index contributed by atoms with van der Waals surface area (Å²) in [6.45, 7) is 6.79. The van der Waals surface area contributed by atoms with E-state index in [1.165, 1.54) is 16.0 Å². The molecule has 2 fully saturated rings. The molecule has 0 aromatic heterocycles. The van der Waals surface area contributed by atoms with Gasteiger partial charge in [0.2, 0.25) is 11.8 Å². The van der Waals surface area contributed by atoms with Gasteiger partial charge in [-0.3, -0.25) is 19.5 Å². The molecule has 1 saturated carbocycles. The number of guanidine groups is 1. The van der Waals surface area contributed by atoms with Crippen LogP contribution in [0.2, 0.25) is 0 Å². The first-order valence-electron chi connectivity index (χ1n) is 11.2. The zero-order chi connectivity index (χ0) is 21.1. The Morgan fingerprint density at radius 3 is 2.48 bits per heavy atom. The van der Waals surface area contributed by atoms with Crippen molar-refractivity contribution in [3.05, 3.63) is 47.5 Å². The smallest absolute Gasteiger partial charge is 0.233 e. The van der Waals surface area contributed by atoms with E-state index in [9.17, 15) is 9.59 Å². The third kappa shape index (κ3) is 5.13.